The minimum Gasteiger partial charge on any atom is -0.463 e. The average Bonchev–Trinajstić information content (AvgIpc) is 2.12. The number of ether oxygens (including phenoxy) is 2. The lowest BCUT2D eigenvalue weighted by Crippen LogP contribution is -2.27. The molecule has 0 heterocycles. The first-order valence-corrected chi connectivity index (χ1v) is 3.88. The largest absolute Gasteiger partial charge is 0.490 e. The number of rotatable bonds is 4. The molecule has 4 nitrogen and oxygen atoms in total. The molecule has 0 saturated carbocycles. The standard InChI is InChI=1S/C8H9F3O4/c1-3-14-6(12)5(2)4-15-7(13)8(9,10)11/h2-4H2,1H3. The number of halogens is 3. The van der Waals surface area contributed by atoms with Crippen molar-refractivity contribution in [3.63, 3.8) is 0 Å². The van der Waals surface area contributed by atoms with Crippen LogP contribution in [0.5, 0.6) is 0 Å². The summed E-state index contributed by atoms with van der Waals surface area (Å²) in [5, 5.41) is 0. The molecule has 0 N–H and O–H groups in total. The van der Waals surface area contributed by atoms with Gasteiger partial charge < -0.3 is 9.47 Å². The van der Waals surface area contributed by atoms with Crippen LogP contribution < -0.4 is 0 Å². The van der Waals surface area contributed by atoms with Crippen LogP contribution in [0.25, 0.3) is 0 Å². The van der Waals surface area contributed by atoms with E-state index in [1.807, 2.05) is 0 Å². The zero-order valence-corrected chi connectivity index (χ0v) is 7.89. The van der Waals surface area contributed by atoms with Crippen LogP contribution in [0.15, 0.2) is 12.2 Å². The van der Waals surface area contributed by atoms with E-state index < -0.39 is 24.7 Å². The monoisotopic (exact) mass is 226 g/mol. The van der Waals surface area contributed by atoms with E-state index in [0.29, 0.717) is 0 Å². The summed E-state index contributed by atoms with van der Waals surface area (Å²) in [5.41, 5.74) is -0.352. The summed E-state index contributed by atoms with van der Waals surface area (Å²) in [4.78, 5) is 21.0. The highest BCUT2D eigenvalue weighted by Crippen LogP contribution is 2.16. The van der Waals surface area contributed by atoms with Crippen molar-refractivity contribution >= 4 is 11.9 Å². The molecule has 0 spiro atoms. The molecule has 0 rings (SSSR count). The van der Waals surface area contributed by atoms with Crippen molar-refractivity contribution in [3.05, 3.63) is 12.2 Å². The molecule has 7 heteroatoms. The first kappa shape index (κ1) is 13.5. The van der Waals surface area contributed by atoms with Gasteiger partial charge in [0.1, 0.15) is 6.61 Å². The van der Waals surface area contributed by atoms with E-state index in [4.69, 9.17) is 0 Å². The van der Waals surface area contributed by atoms with Gasteiger partial charge in [0, 0.05) is 0 Å². The topological polar surface area (TPSA) is 52.6 Å². The van der Waals surface area contributed by atoms with Gasteiger partial charge in [-0.15, -0.1) is 0 Å². The second kappa shape index (κ2) is 5.38. The maximum absolute atomic E-state index is 11.6. The smallest absolute Gasteiger partial charge is 0.463 e. The van der Waals surface area contributed by atoms with Crippen molar-refractivity contribution in [1.82, 2.24) is 0 Å². The van der Waals surface area contributed by atoms with E-state index in [2.05, 4.69) is 16.1 Å². The van der Waals surface area contributed by atoms with E-state index >= 15 is 0 Å². The van der Waals surface area contributed by atoms with E-state index in [-0.39, 0.29) is 12.2 Å². The zero-order valence-electron chi connectivity index (χ0n) is 7.89. The van der Waals surface area contributed by atoms with E-state index in [1.54, 1.807) is 0 Å². The summed E-state index contributed by atoms with van der Waals surface area (Å²) in [6, 6.07) is 0. The highest BCUT2D eigenvalue weighted by molar-refractivity contribution is 5.88. The normalized spacial score (nSPS) is 10.7. The number of carbonyl (C=O) groups is 2. The van der Waals surface area contributed by atoms with Gasteiger partial charge >= 0.3 is 18.1 Å². The highest BCUT2D eigenvalue weighted by atomic mass is 19.4. The fourth-order valence-corrected chi connectivity index (χ4v) is 0.527. The number of carbonyl (C=O) groups excluding carboxylic acids is 2. The van der Waals surface area contributed by atoms with E-state index in [1.165, 1.54) is 6.92 Å². The second-order valence-electron chi connectivity index (χ2n) is 2.40. The first-order chi connectivity index (χ1) is 6.79. The summed E-state index contributed by atoms with van der Waals surface area (Å²) in [7, 11) is 0. The van der Waals surface area contributed by atoms with Gasteiger partial charge in [-0.3, -0.25) is 0 Å². The number of hydrogen-bond acceptors (Lipinski definition) is 4. The van der Waals surface area contributed by atoms with Crippen LogP contribution >= 0.6 is 0 Å². The molecule has 0 aromatic rings. The van der Waals surface area contributed by atoms with Crippen molar-refractivity contribution in [2.75, 3.05) is 13.2 Å². The van der Waals surface area contributed by atoms with Gasteiger partial charge in [0.05, 0.1) is 12.2 Å². The lowest BCUT2D eigenvalue weighted by molar-refractivity contribution is -0.198. The lowest BCUT2D eigenvalue weighted by Gasteiger charge is -2.08. The second-order valence-corrected chi connectivity index (χ2v) is 2.40. The van der Waals surface area contributed by atoms with Crippen LogP contribution in [0.4, 0.5) is 13.2 Å². The fraction of sp³-hybridized carbons (Fsp3) is 0.500. The molecule has 0 aromatic carbocycles. The van der Waals surface area contributed by atoms with E-state index in [9.17, 15) is 22.8 Å². The third-order valence-corrected chi connectivity index (χ3v) is 1.17. The van der Waals surface area contributed by atoms with Crippen LogP contribution in [0.3, 0.4) is 0 Å². The van der Waals surface area contributed by atoms with Gasteiger partial charge in [0.2, 0.25) is 0 Å². The summed E-state index contributed by atoms with van der Waals surface area (Å²) < 4.78 is 43.1. The Morgan fingerprint density at radius 3 is 2.20 bits per heavy atom. The molecule has 0 amide bonds. The van der Waals surface area contributed by atoms with Crippen molar-refractivity contribution in [1.29, 1.82) is 0 Å². The Labute approximate surface area is 83.7 Å². The van der Waals surface area contributed by atoms with Crippen LogP contribution in [0.2, 0.25) is 0 Å². The Kier molecular flexibility index (Phi) is 4.83. The molecule has 0 radical (unpaired) electrons. The highest BCUT2D eigenvalue weighted by Gasteiger charge is 2.41. The van der Waals surface area contributed by atoms with Gasteiger partial charge in [-0.1, -0.05) is 6.58 Å². The van der Waals surface area contributed by atoms with E-state index in [0.717, 1.165) is 0 Å². The third-order valence-electron chi connectivity index (χ3n) is 1.17. The van der Waals surface area contributed by atoms with Gasteiger partial charge in [-0.05, 0) is 6.92 Å². The maximum Gasteiger partial charge on any atom is 0.490 e. The summed E-state index contributed by atoms with van der Waals surface area (Å²) >= 11 is 0. The molecule has 0 saturated heterocycles. The Morgan fingerprint density at radius 2 is 1.80 bits per heavy atom. The Morgan fingerprint density at radius 1 is 1.27 bits per heavy atom. The molecule has 0 unspecified atom stereocenters. The molecule has 0 fully saturated rings. The van der Waals surface area contributed by atoms with Crippen molar-refractivity contribution in [2.45, 2.75) is 13.1 Å². The van der Waals surface area contributed by atoms with Gasteiger partial charge in [0.15, 0.2) is 0 Å². The molecular formula is C8H9F3O4. The molecule has 0 aromatic heterocycles. The molecule has 86 valence electrons. The van der Waals surface area contributed by atoms with Crippen LogP contribution in [-0.4, -0.2) is 31.3 Å². The Bertz CT molecular complexity index is 270. The average molecular weight is 226 g/mol. The number of hydrogen-bond donors (Lipinski definition) is 0. The number of alkyl halides is 3. The van der Waals surface area contributed by atoms with Crippen molar-refractivity contribution in [3.8, 4) is 0 Å². The summed E-state index contributed by atoms with van der Waals surface area (Å²) in [6.07, 6.45) is -5.07. The van der Waals surface area contributed by atoms with Gasteiger partial charge in [0.25, 0.3) is 0 Å². The molecule has 0 atom stereocenters. The molecule has 0 aliphatic carbocycles. The number of esters is 2. The maximum atomic E-state index is 11.6. The Hall–Kier alpha value is -1.53. The summed E-state index contributed by atoms with van der Waals surface area (Å²) in [6.45, 7) is 3.85. The first-order valence-electron chi connectivity index (χ1n) is 3.88. The predicted molar refractivity (Wildman–Crippen MR) is 42.8 cm³/mol. The zero-order chi connectivity index (χ0) is 12.1. The van der Waals surface area contributed by atoms with Crippen LogP contribution in [0.1, 0.15) is 6.92 Å². The quantitative estimate of drug-likeness (QED) is 0.534. The molecule has 0 bridgehead atoms. The Balaban J connectivity index is 4.02. The van der Waals surface area contributed by atoms with Gasteiger partial charge in [-0.2, -0.15) is 13.2 Å². The minimum atomic E-state index is -5.07. The molecule has 15 heavy (non-hydrogen) atoms. The summed E-state index contributed by atoms with van der Waals surface area (Å²) in [5.74, 6) is -3.26. The van der Waals surface area contributed by atoms with Crippen LogP contribution in [-0.2, 0) is 19.1 Å². The SMILES string of the molecule is C=C(COC(=O)C(F)(F)F)C(=O)OCC. The predicted octanol–water partition coefficient (Wildman–Crippen LogP) is 1.21. The molecular weight excluding hydrogens is 217 g/mol. The van der Waals surface area contributed by atoms with Crippen molar-refractivity contribution < 1.29 is 32.2 Å². The molecule has 0 aliphatic rings. The van der Waals surface area contributed by atoms with Crippen LogP contribution in [0, 0.1) is 0 Å². The van der Waals surface area contributed by atoms with Crippen molar-refractivity contribution in [2.24, 2.45) is 0 Å². The van der Waals surface area contributed by atoms with Gasteiger partial charge in [-0.25, -0.2) is 9.59 Å². The fourth-order valence-electron chi connectivity index (χ4n) is 0.527. The minimum absolute atomic E-state index is 0.0606. The third kappa shape index (κ3) is 5.04. The molecule has 0 aliphatic heterocycles. The lowest BCUT2D eigenvalue weighted by atomic mass is 10.3.